The molecule has 0 heterocycles. The summed E-state index contributed by atoms with van der Waals surface area (Å²) in [5, 5.41) is 10.7. The maximum absolute atomic E-state index is 11.3. The number of hydrogen-bond donors (Lipinski definition) is 3. The van der Waals surface area contributed by atoms with E-state index in [2.05, 4.69) is 5.32 Å². The molecule has 0 aliphatic rings. The van der Waals surface area contributed by atoms with Gasteiger partial charge in [0, 0.05) is 12.5 Å². The number of rotatable bonds is 6. The highest BCUT2D eigenvalue weighted by Gasteiger charge is 2.09. The Morgan fingerprint density at radius 2 is 1.94 bits per heavy atom. The van der Waals surface area contributed by atoms with Crippen LogP contribution in [0.5, 0.6) is 0 Å². The Morgan fingerprint density at radius 1 is 1.29 bits per heavy atom. The van der Waals surface area contributed by atoms with Crippen molar-refractivity contribution in [2.45, 2.75) is 18.9 Å². The molecule has 5 heteroatoms. The molecular formula is C12H16N2O3. The maximum Gasteiger partial charge on any atom is 0.322 e. The zero-order valence-corrected chi connectivity index (χ0v) is 9.43. The zero-order chi connectivity index (χ0) is 12.7. The number of carbonyl (C=O) groups is 2. The third-order valence-corrected chi connectivity index (χ3v) is 2.35. The first-order valence-electron chi connectivity index (χ1n) is 5.38. The van der Waals surface area contributed by atoms with Crippen LogP contribution in [0.2, 0.25) is 0 Å². The van der Waals surface area contributed by atoms with E-state index in [1.165, 1.54) is 0 Å². The van der Waals surface area contributed by atoms with Crippen LogP contribution in [0.25, 0.3) is 0 Å². The van der Waals surface area contributed by atoms with Crippen LogP contribution >= 0.6 is 0 Å². The fourth-order valence-electron chi connectivity index (χ4n) is 1.42. The quantitative estimate of drug-likeness (QED) is 0.676. The molecule has 1 aromatic rings. The second-order valence-corrected chi connectivity index (χ2v) is 3.73. The van der Waals surface area contributed by atoms with Crippen LogP contribution in [0.1, 0.15) is 24.4 Å². The number of carboxylic acid groups (broad SMARTS) is 1. The summed E-state index contributed by atoms with van der Waals surface area (Å²) in [6.45, 7) is -0.348. The van der Waals surface area contributed by atoms with Crippen LogP contribution in [-0.2, 0) is 9.59 Å². The van der Waals surface area contributed by atoms with Crippen LogP contribution in [0.3, 0.4) is 0 Å². The minimum Gasteiger partial charge on any atom is -0.480 e. The molecule has 1 atom stereocenters. The number of carbonyl (C=O) groups excluding carboxylic acids is 1. The Labute approximate surface area is 99.6 Å². The number of benzene rings is 1. The van der Waals surface area contributed by atoms with Gasteiger partial charge in [-0.25, -0.2) is 0 Å². The predicted octanol–water partition coefficient (Wildman–Crippen LogP) is 0.667. The van der Waals surface area contributed by atoms with Gasteiger partial charge in [0.05, 0.1) is 0 Å². The van der Waals surface area contributed by atoms with Gasteiger partial charge >= 0.3 is 5.97 Å². The highest BCUT2D eigenvalue weighted by Crippen LogP contribution is 2.14. The lowest BCUT2D eigenvalue weighted by atomic mass is 10.0. The molecule has 4 N–H and O–H groups in total. The van der Waals surface area contributed by atoms with Crippen LogP contribution in [0, 0.1) is 0 Å². The summed E-state index contributed by atoms with van der Waals surface area (Å²) in [6, 6.07) is 9.28. The standard InChI is InChI=1S/C12H16N2O3/c13-10(9-4-2-1-3-5-9)6-7-11(15)14-8-12(16)17/h1-5,10H,6-8,13H2,(H,14,15)(H,16,17). The molecule has 5 nitrogen and oxygen atoms in total. The summed E-state index contributed by atoms with van der Waals surface area (Å²) in [6.07, 6.45) is 0.721. The summed E-state index contributed by atoms with van der Waals surface area (Å²) in [5.41, 5.74) is 6.87. The van der Waals surface area contributed by atoms with Gasteiger partial charge in [0.25, 0.3) is 0 Å². The molecule has 0 radical (unpaired) electrons. The summed E-state index contributed by atoms with van der Waals surface area (Å²) in [5.74, 6) is -1.34. The molecule has 0 saturated heterocycles. The summed E-state index contributed by atoms with van der Waals surface area (Å²) in [7, 11) is 0. The Hall–Kier alpha value is -1.88. The smallest absolute Gasteiger partial charge is 0.322 e. The maximum atomic E-state index is 11.3. The Bertz CT molecular complexity index is 379. The molecule has 0 spiro atoms. The Morgan fingerprint density at radius 3 is 2.53 bits per heavy atom. The lowest BCUT2D eigenvalue weighted by molar-refractivity contribution is -0.137. The average Bonchev–Trinajstić information content (AvgIpc) is 2.34. The molecule has 0 aliphatic carbocycles. The molecule has 0 aliphatic heterocycles. The monoisotopic (exact) mass is 236 g/mol. The average molecular weight is 236 g/mol. The first kappa shape index (κ1) is 13.2. The number of nitrogens with two attached hydrogens (primary N) is 1. The summed E-state index contributed by atoms with van der Waals surface area (Å²) < 4.78 is 0. The highest BCUT2D eigenvalue weighted by molar-refractivity contribution is 5.81. The van der Waals surface area contributed by atoms with Gasteiger partial charge in [-0.3, -0.25) is 9.59 Å². The fraction of sp³-hybridized carbons (Fsp3) is 0.333. The van der Waals surface area contributed by atoms with E-state index in [0.717, 1.165) is 5.56 Å². The van der Waals surface area contributed by atoms with Gasteiger partial charge in [-0.15, -0.1) is 0 Å². The van der Waals surface area contributed by atoms with E-state index in [1.807, 2.05) is 30.3 Å². The van der Waals surface area contributed by atoms with E-state index in [1.54, 1.807) is 0 Å². The fourth-order valence-corrected chi connectivity index (χ4v) is 1.42. The lowest BCUT2D eigenvalue weighted by Crippen LogP contribution is -2.29. The molecule has 1 amide bonds. The third kappa shape index (κ3) is 5.12. The number of hydrogen-bond acceptors (Lipinski definition) is 3. The van der Waals surface area contributed by atoms with Gasteiger partial charge in [0.1, 0.15) is 6.54 Å². The minimum absolute atomic E-state index is 0.202. The highest BCUT2D eigenvalue weighted by atomic mass is 16.4. The molecule has 0 aromatic heterocycles. The topological polar surface area (TPSA) is 92.4 Å². The molecule has 92 valence electrons. The molecule has 0 fully saturated rings. The van der Waals surface area contributed by atoms with Crippen LogP contribution in [0.4, 0.5) is 0 Å². The SMILES string of the molecule is NC(CCC(=O)NCC(=O)O)c1ccccc1. The Balaban J connectivity index is 2.31. The van der Waals surface area contributed by atoms with E-state index in [4.69, 9.17) is 10.8 Å². The number of aliphatic carboxylic acids is 1. The second kappa shape index (κ2) is 6.65. The van der Waals surface area contributed by atoms with Crippen LogP contribution < -0.4 is 11.1 Å². The van der Waals surface area contributed by atoms with Crippen molar-refractivity contribution in [3.8, 4) is 0 Å². The van der Waals surface area contributed by atoms with Crippen molar-refractivity contribution in [2.75, 3.05) is 6.54 Å². The van der Waals surface area contributed by atoms with E-state index < -0.39 is 5.97 Å². The van der Waals surface area contributed by atoms with E-state index in [0.29, 0.717) is 6.42 Å². The summed E-state index contributed by atoms with van der Waals surface area (Å²) in [4.78, 5) is 21.5. The van der Waals surface area contributed by atoms with Crippen molar-refractivity contribution < 1.29 is 14.7 Å². The molecule has 17 heavy (non-hydrogen) atoms. The minimum atomic E-state index is -1.05. The molecule has 1 aromatic carbocycles. The van der Waals surface area contributed by atoms with Gasteiger partial charge in [-0.05, 0) is 12.0 Å². The molecule has 0 bridgehead atoms. The number of amides is 1. The molecular weight excluding hydrogens is 220 g/mol. The lowest BCUT2D eigenvalue weighted by Gasteiger charge is -2.11. The van der Waals surface area contributed by atoms with Crippen LogP contribution in [-0.4, -0.2) is 23.5 Å². The van der Waals surface area contributed by atoms with Gasteiger partial charge in [-0.2, -0.15) is 0 Å². The molecule has 1 rings (SSSR count). The second-order valence-electron chi connectivity index (χ2n) is 3.73. The van der Waals surface area contributed by atoms with E-state index in [-0.39, 0.29) is 24.9 Å². The van der Waals surface area contributed by atoms with Crippen molar-refractivity contribution in [2.24, 2.45) is 5.73 Å². The largest absolute Gasteiger partial charge is 0.480 e. The van der Waals surface area contributed by atoms with Gasteiger partial charge in [-0.1, -0.05) is 30.3 Å². The van der Waals surface area contributed by atoms with Crippen molar-refractivity contribution in [3.05, 3.63) is 35.9 Å². The van der Waals surface area contributed by atoms with Crippen molar-refractivity contribution in [1.82, 2.24) is 5.32 Å². The predicted molar refractivity (Wildman–Crippen MR) is 63.2 cm³/mol. The Kier molecular flexibility index (Phi) is 5.16. The molecule has 0 saturated carbocycles. The van der Waals surface area contributed by atoms with Crippen molar-refractivity contribution in [3.63, 3.8) is 0 Å². The third-order valence-electron chi connectivity index (χ3n) is 2.35. The van der Waals surface area contributed by atoms with Gasteiger partial charge in [0.2, 0.25) is 5.91 Å². The number of nitrogens with one attached hydrogen (secondary N) is 1. The molecule has 1 unspecified atom stereocenters. The van der Waals surface area contributed by atoms with E-state index >= 15 is 0 Å². The zero-order valence-electron chi connectivity index (χ0n) is 9.43. The van der Waals surface area contributed by atoms with Gasteiger partial charge < -0.3 is 16.2 Å². The van der Waals surface area contributed by atoms with Gasteiger partial charge in [0.15, 0.2) is 0 Å². The summed E-state index contributed by atoms with van der Waals surface area (Å²) >= 11 is 0. The van der Waals surface area contributed by atoms with Crippen LogP contribution in [0.15, 0.2) is 30.3 Å². The normalized spacial score (nSPS) is 11.8. The first-order valence-corrected chi connectivity index (χ1v) is 5.38. The number of carboxylic acids is 1. The van der Waals surface area contributed by atoms with Crippen molar-refractivity contribution >= 4 is 11.9 Å². The van der Waals surface area contributed by atoms with Crippen molar-refractivity contribution in [1.29, 1.82) is 0 Å². The van der Waals surface area contributed by atoms with E-state index in [9.17, 15) is 9.59 Å². The first-order chi connectivity index (χ1) is 8.09.